The topological polar surface area (TPSA) is 46.8 Å². The molecule has 1 saturated heterocycles. The highest BCUT2D eigenvalue weighted by atomic mass is 15.3. The summed E-state index contributed by atoms with van der Waals surface area (Å²) in [5.74, 6) is 3.09. The van der Waals surface area contributed by atoms with E-state index in [1.54, 1.807) is 6.33 Å². The fraction of sp³-hybridized carbons (Fsp3) is 0.588. The van der Waals surface area contributed by atoms with Gasteiger partial charge in [-0.3, -0.25) is 0 Å². The molecule has 3 heterocycles. The minimum absolute atomic E-state index is 0.703. The molecule has 0 bridgehead atoms. The molecular formula is C17H23N5. The number of aromatic nitrogens is 4. The minimum atomic E-state index is 0.703. The molecule has 5 heteroatoms. The number of imidazole rings is 1. The van der Waals surface area contributed by atoms with Gasteiger partial charge >= 0.3 is 0 Å². The summed E-state index contributed by atoms with van der Waals surface area (Å²) in [6.07, 6.45) is 11.6. The van der Waals surface area contributed by atoms with Gasteiger partial charge in [0.1, 0.15) is 18.0 Å². The largest absolute Gasteiger partial charge is 0.355 e. The molecular weight excluding hydrogens is 274 g/mol. The normalized spacial score (nSPS) is 18.1. The summed E-state index contributed by atoms with van der Waals surface area (Å²) in [6, 6.07) is 0. The number of nitrogens with zero attached hydrogens (tertiary/aromatic N) is 5. The van der Waals surface area contributed by atoms with Crippen molar-refractivity contribution in [2.24, 2.45) is 5.92 Å². The van der Waals surface area contributed by atoms with Crippen molar-refractivity contribution in [2.45, 2.75) is 45.6 Å². The average molecular weight is 297 g/mol. The van der Waals surface area contributed by atoms with Crippen LogP contribution in [0.1, 0.15) is 36.8 Å². The van der Waals surface area contributed by atoms with E-state index >= 15 is 0 Å². The van der Waals surface area contributed by atoms with Crippen molar-refractivity contribution < 1.29 is 0 Å². The number of anilines is 1. The Kier molecular flexibility index (Phi) is 3.56. The second-order valence-corrected chi connectivity index (χ2v) is 6.45. The quantitative estimate of drug-likeness (QED) is 0.868. The van der Waals surface area contributed by atoms with Crippen LogP contribution >= 0.6 is 0 Å². The van der Waals surface area contributed by atoms with Crippen LogP contribution < -0.4 is 4.90 Å². The van der Waals surface area contributed by atoms with Gasteiger partial charge in [0.15, 0.2) is 0 Å². The number of aryl methyl sites for hydroxylation is 2. The first-order chi connectivity index (χ1) is 10.8. The Bertz CT molecular complexity index is 657. The molecule has 0 spiro atoms. The van der Waals surface area contributed by atoms with Crippen molar-refractivity contribution in [2.75, 3.05) is 18.0 Å². The second-order valence-electron chi connectivity index (χ2n) is 6.45. The molecule has 1 aliphatic carbocycles. The summed E-state index contributed by atoms with van der Waals surface area (Å²) in [5.41, 5.74) is 2.69. The lowest BCUT2D eigenvalue weighted by molar-refractivity contribution is 0.349. The Morgan fingerprint density at radius 2 is 2.00 bits per heavy atom. The SMILES string of the molecule is CCc1nccn1CC1CN(c2ncnc3c2CCCC3)C1. The molecule has 2 aliphatic rings. The van der Waals surface area contributed by atoms with Gasteiger partial charge in [-0.05, 0) is 25.7 Å². The number of fused-ring (bicyclic) bond motifs is 1. The van der Waals surface area contributed by atoms with E-state index in [-0.39, 0.29) is 0 Å². The van der Waals surface area contributed by atoms with Crippen LogP contribution in [-0.4, -0.2) is 32.6 Å². The highest BCUT2D eigenvalue weighted by Gasteiger charge is 2.31. The van der Waals surface area contributed by atoms with Gasteiger partial charge in [0.05, 0.1) is 0 Å². The molecule has 4 rings (SSSR count). The third kappa shape index (κ3) is 2.38. The van der Waals surface area contributed by atoms with Gasteiger partial charge in [0.2, 0.25) is 0 Å². The summed E-state index contributed by atoms with van der Waals surface area (Å²) in [6.45, 7) is 5.45. The maximum Gasteiger partial charge on any atom is 0.135 e. The lowest BCUT2D eigenvalue weighted by Gasteiger charge is -2.41. The molecule has 2 aromatic heterocycles. The fourth-order valence-corrected chi connectivity index (χ4v) is 3.73. The Labute approximate surface area is 131 Å². The Morgan fingerprint density at radius 3 is 2.86 bits per heavy atom. The Morgan fingerprint density at radius 1 is 1.14 bits per heavy atom. The van der Waals surface area contributed by atoms with Gasteiger partial charge in [-0.25, -0.2) is 15.0 Å². The van der Waals surface area contributed by atoms with Crippen molar-refractivity contribution in [3.05, 3.63) is 35.8 Å². The highest BCUT2D eigenvalue weighted by molar-refractivity contribution is 5.51. The molecule has 0 unspecified atom stereocenters. The predicted molar refractivity (Wildman–Crippen MR) is 86.0 cm³/mol. The van der Waals surface area contributed by atoms with Crippen LogP contribution in [-0.2, 0) is 25.8 Å². The molecule has 0 atom stereocenters. The van der Waals surface area contributed by atoms with Gasteiger partial charge in [-0.2, -0.15) is 0 Å². The molecule has 0 radical (unpaired) electrons. The van der Waals surface area contributed by atoms with Gasteiger partial charge in [0.25, 0.3) is 0 Å². The van der Waals surface area contributed by atoms with Crippen molar-refractivity contribution in [1.82, 2.24) is 19.5 Å². The molecule has 116 valence electrons. The van der Waals surface area contributed by atoms with Crippen molar-refractivity contribution in [3.63, 3.8) is 0 Å². The van der Waals surface area contributed by atoms with Crippen molar-refractivity contribution in [3.8, 4) is 0 Å². The zero-order valence-corrected chi connectivity index (χ0v) is 13.2. The van der Waals surface area contributed by atoms with E-state index in [0.717, 1.165) is 38.9 Å². The van der Waals surface area contributed by atoms with E-state index in [4.69, 9.17) is 0 Å². The average Bonchev–Trinajstić information content (AvgIpc) is 2.97. The third-order valence-corrected chi connectivity index (χ3v) is 4.93. The highest BCUT2D eigenvalue weighted by Crippen LogP contribution is 2.31. The summed E-state index contributed by atoms with van der Waals surface area (Å²) in [7, 11) is 0. The zero-order valence-electron chi connectivity index (χ0n) is 13.2. The standard InChI is InChI=1S/C17H23N5/c1-2-16-18-7-8-21(16)9-13-10-22(11-13)17-14-5-3-4-6-15(14)19-12-20-17/h7-8,12-13H,2-6,9-11H2,1H3. The molecule has 22 heavy (non-hydrogen) atoms. The van der Waals surface area contributed by atoms with Gasteiger partial charge < -0.3 is 9.47 Å². The first kappa shape index (κ1) is 13.7. The number of rotatable bonds is 4. The summed E-state index contributed by atoms with van der Waals surface area (Å²) in [5, 5.41) is 0. The second kappa shape index (κ2) is 5.71. The molecule has 1 fully saturated rings. The third-order valence-electron chi connectivity index (χ3n) is 4.93. The van der Waals surface area contributed by atoms with Crippen LogP contribution in [0.5, 0.6) is 0 Å². The molecule has 1 aliphatic heterocycles. The zero-order chi connectivity index (χ0) is 14.9. The summed E-state index contributed by atoms with van der Waals surface area (Å²) < 4.78 is 2.30. The number of hydrogen-bond acceptors (Lipinski definition) is 4. The molecule has 2 aromatic rings. The van der Waals surface area contributed by atoms with Gasteiger partial charge in [0, 0.05) is 55.6 Å². The van der Waals surface area contributed by atoms with E-state index in [2.05, 4.69) is 37.5 Å². The molecule has 0 amide bonds. The van der Waals surface area contributed by atoms with E-state index < -0.39 is 0 Å². The van der Waals surface area contributed by atoms with Crippen LogP contribution in [0.2, 0.25) is 0 Å². The molecule has 0 saturated carbocycles. The van der Waals surface area contributed by atoms with E-state index in [1.807, 2.05) is 6.20 Å². The van der Waals surface area contributed by atoms with Crippen LogP contribution in [0.25, 0.3) is 0 Å². The number of hydrogen-bond donors (Lipinski definition) is 0. The minimum Gasteiger partial charge on any atom is -0.355 e. The van der Waals surface area contributed by atoms with Crippen LogP contribution in [0.4, 0.5) is 5.82 Å². The first-order valence-electron chi connectivity index (χ1n) is 8.43. The summed E-state index contributed by atoms with van der Waals surface area (Å²) >= 11 is 0. The Hall–Kier alpha value is -1.91. The van der Waals surface area contributed by atoms with Crippen LogP contribution in [0, 0.1) is 5.92 Å². The fourth-order valence-electron chi connectivity index (χ4n) is 3.73. The van der Waals surface area contributed by atoms with Crippen LogP contribution in [0.3, 0.4) is 0 Å². The predicted octanol–water partition coefficient (Wildman–Crippen LogP) is 2.25. The van der Waals surface area contributed by atoms with Crippen molar-refractivity contribution >= 4 is 5.82 Å². The monoisotopic (exact) mass is 297 g/mol. The maximum absolute atomic E-state index is 4.57. The summed E-state index contributed by atoms with van der Waals surface area (Å²) in [4.78, 5) is 15.9. The lowest BCUT2D eigenvalue weighted by Crippen LogP contribution is -2.49. The Balaban J connectivity index is 1.43. The lowest BCUT2D eigenvalue weighted by atomic mass is 9.93. The van der Waals surface area contributed by atoms with E-state index in [1.165, 1.54) is 35.7 Å². The molecule has 0 aromatic carbocycles. The van der Waals surface area contributed by atoms with Gasteiger partial charge in [-0.15, -0.1) is 0 Å². The molecule has 0 N–H and O–H groups in total. The van der Waals surface area contributed by atoms with E-state index in [9.17, 15) is 0 Å². The van der Waals surface area contributed by atoms with Crippen LogP contribution in [0.15, 0.2) is 18.7 Å². The van der Waals surface area contributed by atoms with Gasteiger partial charge in [-0.1, -0.05) is 6.92 Å². The van der Waals surface area contributed by atoms with Crippen molar-refractivity contribution in [1.29, 1.82) is 0 Å². The molecule has 5 nitrogen and oxygen atoms in total. The smallest absolute Gasteiger partial charge is 0.135 e. The maximum atomic E-state index is 4.57. The first-order valence-corrected chi connectivity index (χ1v) is 8.43. The van der Waals surface area contributed by atoms with E-state index in [0.29, 0.717) is 5.92 Å².